The van der Waals surface area contributed by atoms with Gasteiger partial charge in [0, 0.05) is 21.5 Å². The van der Waals surface area contributed by atoms with Gasteiger partial charge < -0.3 is 0 Å². The second-order valence-corrected chi connectivity index (χ2v) is 9.09. The standard InChI is InChI=1S/C27H22Cl2N2O/c28-22-13-9-18(10-14-22)17-21-7-4-8-24-25(21)30-31(27(32)20-5-2-1-3-6-20)26(24)19-11-15-23(29)16-12-19/h1-3,5-6,9-17,24,26H,4,7-8H2/b21-17+/t24-,26+/m1/s1. The zero-order valence-electron chi connectivity index (χ0n) is 17.4. The molecule has 0 saturated heterocycles. The summed E-state index contributed by atoms with van der Waals surface area (Å²) < 4.78 is 0. The molecule has 5 heteroatoms. The van der Waals surface area contributed by atoms with E-state index in [4.69, 9.17) is 28.3 Å². The van der Waals surface area contributed by atoms with Crippen LogP contribution in [0.1, 0.15) is 46.8 Å². The SMILES string of the molecule is O=C(c1ccccc1)N1N=C2/C(=C/c3ccc(Cl)cc3)CCC[C@H]2[C@@H]1c1ccc(Cl)cc1. The average molecular weight is 461 g/mol. The lowest BCUT2D eigenvalue weighted by atomic mass is 9.77. The van der Waals surface area contributed by atoms with Gasteiger partial charge in [0.2, 0.25) is 0 Å². The van der Waals surface area contributed by atoms with E-state index >= 15 is 0 Å². The molecule has 0 aromatic heterocycles. The Morgan fingerprint density at radius 1 is 0.906 bits per heavy atom. The Morgan fingerprint density at radius 2 is 1.56 bits per heavy atom. The first-order valence-corrected chi connectivity index (χ1v) is 11.5. The normalized spacial score (nSPS) is 21.4. The van der Waals surface area contributed by atoms with E-state index < -0.39 is 0 Å². The first-order valence-electron chi connectivity index (χ1n) is 10.8. The minimum Gasteiger partial charge on any atom is -0.267 e. The molecule has 32 heavy (non-hydrogen) atoms. The lowest BCUT2D eigenvalue weighted by molar-refractivity contribution is 0.0681. The van der Waals surface area contributed by atoms with Crippen molar-refractivity contribution in [2.75, 3.05) is 0 Å². The van der Waals surface area contributed by atoms with Gasteiger partial charge in [0.25, 0.3) is 5.91 Å². The monoisotopic (exact) mass is 460 g/mol. The van der Waals surface area contributed by atoms with E-state index in [1.54, 1.807) is 5.01 Å². The molecular weight excluding hydrogens is 439 g/mol. The first-order chi connectivity index (χ1) is 15.6. The van der Waals surface area contributed by atoms with Gasteiger partial charge in [-0.25, -0.2) is 5.01 Å². The maximum atomic E-state index is 13.5. The summed E-state index contributed by atoms with van der Waals surface area (Å²) in [7, 11) is 0. The minimum atomic E-state index is -0.149. The fourth-order valence-electron chi connectivity index (χ4n) is 4.63. The number of hydrazone groups is 1. The maximum Gasteiger partial charge on any atom is 0.274 e. The van der Waals surface area contributed by atoms with Crippen LogP contribution in [0, 0.1) is 5.92 Å². The fraction of sp³-hybridized carbons (Fsp3) is 0.185. The molecule has 0 unspecified atom stereocenters. The summed E-state index contributed by atoms with van der Waals surface area (Å²) in [6, 6.07) is 24.8. The molecule has 1 aliphatic carbocycles. The highest BCUT2D eigenvalue weighted by molar-refractivity contribution is 6.30. The molecule has 3 nitrogen and oxygen atoms in total. The third-order valence-corrected chi connectivity index (χ3v) is 6.66. The second kappa shape index (κ2) is 8.93. The van der Waals surface area contributed by atoms with Gasteiger partial charge in [-0.2, -0.15) is 5.10 Å². The number of allylic oxidation sites excluding steroid dienone is 1. The smallest absolute Gasteiger partial charge is 0.267 e. The van der Waals surface area contributed by atoms with Gasteiger partial charge in [0.15, 0.2) is 0 Å². The Balaban J connectivity index is 1.57. The molecule has 0 N–H and O–H groups in total. The van der Waals surface area contributed by atoms with E-state index in [0.29, 0.717) is 15.6 Å². The van der Waals surface area contributed by atoms with Crippen LogP contribution in [0.15, 0.2) is 89.5 Å². The van der Waals surface area contributed by atoms with Gasteiger partial charge in [-0.1, -0.05) is 65.7 Å². The van der Waals surface area contributed by atoms with Gasteiger partial charge in [0.05, 0.1) is 11.8 Å². The number of rotatable bonds is 3. The molecule has 3 aromatic carbocycles. The molecule has 1 fully saturated rings. The second-order valence-electron chi connectivity index (χ2n) is 8.22. The lowest BCUT2D eigenvalue weighted by Gasteiger charge is -2.29. The van der Waals surface area contributed by atoms with E-state index in [1.165, 1.54) is 5.57 Å². The van der Waals surface area contributed by atoms with Crippen LogP contribution in [0.4, 0.5) is 0 Å². The Hall–Kier alpha value is -2.88. The highest BCUT2D eigenvalue weighted by Gasteiger charge is 2.43. The molecule has 1 amide bonds. The molecule has 1 heterocycles. The molecule has 3 aromatic rings. The summed E-state index contributed by atoms with van der Waals surface area (Å²) in [5, 5.41) is 8.01. The number of nitrogens with zero attached hydrogens (tertiary/aromatic N) is 2. The molecule has 2 atom stereocenters. The van der Waals surface area contributed by atoms with Crippen molar-refractivity contribution in [1.82, 2.24) is 5.01 Å². The van der Waals surface area contributed by atoms with E-state index in [-0.39, 0.29) is 17.9 Å². The summed E-state index contributed by atoms with van der Waals surface area (Å²) in [6.07, 6.45) is 5.17. The number of amides is 1. The maximum absolute atomic E-state index is 13.5. The quantitative estimate of drug-likeness (QED) is 0.399. The molecule has 2 aliphatic rings. The van der Waals surface area contributed by atoms with Crippen LogP contribution in [0.25, 0.3) is 6.08 Å². The van der Waals surface area contributed by atoms with Crippen LogP contribution in [0.3, 0.4) is 0 Å². The summed E-state index contributed by atoms with van der Waals surface area (Å²) in [5.74, 6) is 0.0643. The van der Waals surface area contributed by atoms with E-state index in [9.17, 15) is 4.79 Å². The summed E-state index contributed by atoms with van der Waals surface area (Å²) in [6.45, 7) is 0. The van der Waals surface area contributed by atoms with Gasteiger partial charge in [-0.15, -0.1) is 0 Å². The van der Waals surface area contributed by atoms with E-state index in [2.05, 4.69) is 6.08 Å². The van der Waals surface area contributed by atoms with Crippen LogP contribution < -0.4 is 0 Å². The van der Waals surface area contributed by atoms with Crippen LogP contribution >= 0.6 is 23.2 Å². The first kappa shape index (κ1) is 21.0. The predicted octanol–water partition coefficient (Wildman–Crippen LogP) is 7.43. The molecule has 0 radical (unpaired) electrons. The molecule has 160 valence electrons. The number of carbonyl (C=O) groups excluding carboxylic acids is 1. The van der Waals surface area contributed by atoms with Crippen molar-refractivity contribution in [1.29, 1.82) is 0 Å². The van der Waals surface area contributed by atoms with Crippen molar-refractivity contribution in [3.8, 4) is 0 Å². The summed E-state index contributed by atoms with van der Waals surface area (Å²) in [4.78, 5) is 13.5. The minimum absolute atomic E-state index is 0.0849. The summed E-state index contributed by atoms with van der Waals surface area (Å²) >= 11 is 12.2. The molecule has 1 aliphatic heterocycles. The van der Waals surface area contributed by atoms with Crippen molar-refractivity contribution in [3.05, 3.63) is 111 Å². The fourth-order valence-corrected chi connectivity index (χ4v) is 4.89. The van der Waals surface area contributed by atoms with Crippen LogP contribution in [-0.4, -0.2) is 16.6 Å². The number of benzene rings is 3. The zero-order chi connectivity index (χ0) is 22.1. The third-order valence-electron chi connectivity index (χ3n) is 6.15. The van der Waals surface area contributed by atoms with Crippen molar-refractivity contribution >= 4 is 40.9 Å². The number of halogens is 2. The average Bonchev–Trinajstić information content (AvgIpc) is 3.22. The number of fused-ring (bicyclic) bond motifs is 1. The summed E-state index contributed by atoms with van der Waals surface area (Å²) in [5.41, 5.74) is 4.97. The third kappa shape index (κ3) is 4.11. The number of carbonyl (C=O) groups is 1. The predicted molar refractivity (Wildman–Crippen MR) is 131 cm³/mol. The van der Waals surface area contributed by atoms with Gasteiger partial charge in [-0.3, -0.25) is 4.79 Å². The largest absolute Gasteiger partial charge is 0.274 e. The molecular formula is C27H22Cl2N2O. The number of hydrogen-bond donors (Lipinski definition) is 0. The Morgan fingerprint density at radius 3 is 2.25 bits per heavy atom. The van der Waals surface area contributed by atoms with Gasteiger partial charge in [0.1, 0.15) is 0 Å². The Bertz CT molecular complexity index is 1180. The highest BCUT2D eigenvalue weighted by atomic mass is 35.5. The number of hydrogen-bond acceptors (Lipinski definition) is 2. The van der Waals surface area contributed by atoms with Crippen molar-refractivity contribution in [2.45, 2.75) is 25.3 Å². The van der Waals surface area contributed by atoms with E-state index in [0.717, 1.165) is 36.1 Å². The molecule has 1 saturated carbocycles. The van der Waals surface area contributed by atoms with Gasteiger partial charge >= 0.3 is 0 Å². The Labute approximate surface area is 198 Å². The topological polar surface area (TPSA) is 32.7 Å². The Kier molecular flexibility index (Phi) is 5.86. The zero-order valence-corrected chi connectivity index (χ0v) is 18.9. The van der Waals surface area contributed by atoms with Crippen LogP contribution in [0.2, 0.25) is 10.0 Å². The van der Waals surface area contributed by atoms with Gasteiger partial charge in [-0.05, 0) is 78.4 Å². The molecule has 0 bridgehead atoms. The van der Waals surface area contributed by atoms with Crippen LogP contribution in [0.5, 0.6) is 0 Å². The van der Waals surface area contributed by atoms with Crippen molar-refractivity contribution in [3.63, 3.8) is 0 Å². The van der Waals surface area contributed by atoms with Crippen molar-refractivity contribution in [2.24, 2.45) is 11.0 Å². The van der Waals surface area contributed by atoms with E-state index in [1.807, 2.05) is 78.9 Å². The van der Waals surface area contributed by atoms with Crippen LogP contribution in [-0.2, 0) is 0 Å². The highest BCUT2D eigenvalue weighted by Crippen LogP contribution is 2.45. The molecule has 5 rings (SSSR count). The molecule has 0 spiro atoms. The van der Waals surface area contributed by atoms with Crippen molar-refractivity contribution < 1.29 is 4.79 Å². The lowest BCUT2D eigenvalue weighted by Crippen LogP contribution is -2.31.